The Morgan fingerprint density at radius 3 is 2.47 bits per heavy atom. The minimum atomic E-state index is -0.437. The number of anilines is 1. The molecule has 1 fully saturated rings. The number of nitrogens with two attached hydrogens (primary N) is 1. The molecule has 0 aliphatic carbocycles. The maximum Gasteiger partial charge on any atom is 0.256 e. The van der Waals surface area contributed by atoms with Gasteiger partial charge in [-0.15, -0.1) is 0 Å². The largest absolute Gasteiger partial charge is 0.398 e. The van der Waals surface area contributed by atoms with Crippen LogP contribution in [0.3, 0.4) is 0 Å². The summed E-state index contributed by atoms with van der Waals surface area (Å²) in [4.78, 5) is 16.4. The molecule has 19 heavy (non-hydrogen) atoms. The molecule has 2 atom stereocenters. The fourth-order valence-corrected chi connectivity index (χ4v) is 2.45. The Kier molecular flexibility index (Phi) is 3.75. The zero-order valence-corrected chi connectivity index (χ0v) is 11.6. The molecular formula is C14H20FN3O. The number of carbonyl (C=O) groups excluding carboxylic acids is 1. The van der Waals surface area contributed by atoms with E-state index < -0.39 is 5.82 Å². The Morgan fingerprint density at radius 1 is 1.32 bits per heavy atom. The van der Waals surface area contributed by atoms with Crippen molar-refractivity contribution in [1.29, 1.82) is 0 Å². The third-order valence-electron chi connectivity index (χ3n) is 3.89. The van der Waals surface area contributed by atoms with Crippen LogP contribution in [0.25, 0.3) is 0 Å². The molecule has 0 aromatic heterocycles. The molecule has 1 aromatic carbocycles. The lowest BCUT2D eigenvalue weighted by Gasteiger charge is -2.42. The highest BCUT2D eigenvalue weighted by Crippen LogP contribution is 2.20. The number of carbonyl (C=O) groups is 1. The first-order valence-electron chi connectivity index (χ1n) is 6.46. The normalized spacial score (nSPS) is 24.5. The van der Waals surface area contributed by atoms with Crippen LogP contribution in [0.15, 0.2) is 18.2 Å². The Bertz CT molecular complexity index is 480. The predicted molar refractivity (Wildman–Crippen MR) is 73.4 cm³/mol. The fraction of sp³-hybridized carbons (Fsp3) is 0.500. The highest BCUT2D eigenvalue weighted by Gasteiger charge is 2.30. The van der Waals surface area contributed by atoms with Gasteiger partial charge in [0.15, 0.2) is 0 Å². The standard InChI is InChI=1S/C14H20FN3O/c1-9-7-18(8-10(2)17(9)3)14(19)12-6-11(15)4-5-13(12)16/h4-6,9-10H,7-8,16H2,1-3H3. The van der Waals surface area contributed by atoms with E-state index in [0.29, 0.717) is 18.8 Å². The Hall–Kier alpha value is -1.62. The molecule has 1 aliphatic rings. The van der Waals surface area contributed by atoms with E-state index >= 15 is 0 Å². The van der Waals surface area contributed by atoms with Crippen molar-refractivity contribution in [3.63, 3.8) is 0 Å². The van der Waals surface area contributed by atoms with Gasteiger partial charge in [-0.2, -0.15) is 0 Å². The van der Waals surface area contributed by atoms with Crippen LogP contribution in [0.1, 0.15) is 24.2 Å². The SMILES string of the molecule is CC1CN(C(=O)c2cc(F)ccc2N)CC(C)N1C. The molecule has 1 aromatic rings. The highest BCUT2D eigenvalue weighted by atomic mass is 19.1. The average Bonchev–Trinajstić information content (AvgIpc) is 2.37. The summed E-state index contributed by atoms with van der Waals surface area (Å²) in [5.74, 6) is -0.628. The molecule has 1 heterocycles. The van der Waals surface area contributed by atoms with Crippen molar-refractivity contribution < 1.29 is 9.18 Å². The number of hydrogen-bond acceptors (Lipinski definition) is 3. The van der Waals surface area contributed by atoms with Crippen LogP contribution in [0.2, 0.25) is 0 Å². The average molecular weight is 265 g/mol. The number of likely N-dealkylation sites (N-methyl/N-ethyl adjacent to an activating group) is 1. The van der Waals surface area contributed by atoms with E-state index in [2.05, 4.69) is 18.7 Å². The molecule has 0 spiro atoms. The summed E-state index contributed by atoms with van der Waals surface area (Å²) in [5, 5.41) is 0. The van der Waals surface area contributed by atoms with Gasteiger partial charge in [0.25, 0.3) is 5.91 Å². The van der Waals surface area contributed by atoms with Crippen molar-refractivity contribution in [1.82, 2.24) is 9.80 Å². The number of nitrogen functional groups attached to an aromatic ring is 1. The van der Waals surface area contributed by atoms with E-state index in [1.54, 1.807) is 4.90 Å². The zero-order chi connectivity index (χ0) is 14.2. The quantitative estimate of drug-likeness (QED) is 0.784. The van der Waals surface area contributed by atoms with E-state index in [9.17, 15) is 9.18 Å². The van der Waals surface area contributed by atoms with Crippen LogP contribution in [0.4, 0.5) is 10.1 Å². The first kappa shape index (κ1) is 13.8. The minimum absolute atomic E-state index is 0.191. The maximum atomic E-state index is 13.3. The van der Waals surface area contributed by atoms with Crippen molar-refractivity contribution in [2.45, 2.75) is 25.9 Å². The molecule has 0 saturated carbocycles. The minimum Gasteiger partial charge on any atom is -0.398 e. The van der Waals surface area contributed by atoms with E-state index in [0.717, 1.165) is 0 Å². The lowest BCUT2D eigenvalue weighted by Crippen LogP contribution is -2.56. The van der Waals surface area contributed by atoms with E-state index in [-0.39, 0.29) is 23.6 Å². The van der Waals surface area contributed by atoms with Gasteiger partial charge in [0.2, 0.25) is 0 Å². The summed E-state index contributed by atoms with van der Waals surface area (Å²) in [6, 6.07) is 4.47. The van der Waals surface area contributed by atoms with Crippen LogP contribution in [0, 0.1) is 5.82 Å². The lowest BCUT2D eigenvalue weighted by atomic mass is 10.1. The van der Waals surface area contributed by atoms with Crippen LogP contribution >= 0.6 is 0 Å². The van der Waals surface area contributed by atoms with Crippen LogP contribution in [-0.2, 0) is 0 Å². The lowest BCUT2D eigenvalue weighted by molar-refractivity contribution is 0.0415. The molecular weight excluding hydrogens is 245 g/mol. The third kappa shape index (κ3) is 2.71. The molecule has 1 saturated heterocycles. The molecule has 4 nitrogen and oxygen atoms in total. The number of nitrogens with zero attached hydrogens (tertiary/aromatic N) is 2. The summed E-state index contributed by atoms with van der Waals surface area (Å²) in [7, 11) is 2.05. The number of rotatable bonds is 1. The molecule has 1 amide bonds. The molecule has 2 rings (SSSR count). The number of benzene rings is 1. The van der Waals surface area contributed by atoms with Gasteiger partial charge in [0.05, 0.1) is 5.56 Å². The molecule has 5 heteroatoms. The topological polar surface area (TPSA) is 49.6 Å². The van der Waals surface area contributed by atoms with Crippen LogP contribution in [-0.4, -0.2) is 47.9 Å². The van der Waals surface area contributed by atoms with Gasteiger partial charge >= 0.3 is 0 Å². The third-order valence-corrected chi connectivity index (χ3v) is 3.89. The van der Waals surface area contributed by atoms with Gasteiger partial charge in [-0.1, -0.05) is 0 Å². The molecule has 104 valence electrons. The van der Waals surface area contributed by atoms with Crippen molar-refractivity contribution in [3.05, 3.63) is 29.6 Å². The summed E-state index contributed by atoms with van der Waals surface area (Å²) in [6.45, 7) is 5.42. The second-order valence-electron chi connectivity index (χ2n) is 5.31. The predicted octanol–water partition coefficient (Wildman–Crippen LogP) is 1.57. The summed E-state index contributed by atoms with van der Waals surface area (Å²) < 4.78 is 13.3. The van der Waals surface area contributed by atoms with Crippen LogP contribution < -0.4 is 5.73 Å². The smallest absolute Gasteiger partial charge is 0.256 e. The first-order valence-corrected chi connectivity index (χ1v) is 6.46. The Labute approximate surface area is 113 Å². The van der Waals surface area contributed by atoms with Gasteiger partial charge in [0.1, 0.15) is 5.82 Å². The molecule has 1 aliphatic heterocycles. The van der Waals surface area contributed by atoms with Crippen molar-refractivity contribution in [2.24, 2.45) is 0 Å². The van der Waals surface area contributed by atoms with E-state index in [4.69, 9.17) is 5.73 Å². The fourth-order valence-electron chi connectivity index (χ4n) is 2.45. The summed E-state index contributed by atoms with van der Waals surface area (Å²) in [5.41, 5.74) is 6.35. The second kappa shape index (κ2) is 5.17. The number of hydrogen-bond donors (Lipinski definition) is 1. The zero-order valence-electron chi connectivity index (χ0n) is 11.6. The maximum absolute atomic E-state index is 13.3. The molecule has 2 unspecified atom stereocenters. The second-order valence-corrected chi connectivity index (χ2v) is 5.31. The van der Waals surface area contributed by atoms with Gasteiger partial charge in [-0.05, 0) is 39.1 Å². The van der Waals surface area contributed by atoms with E-state index in [1.807, 2.05) is 7.05 Å². The summed E-state index contributed by atoms with van der Waals surface area (Å²) >= 11 is 0. The van der Waals surface area contributed by atoms with Gasteiger partial charge in [-0.25, -0.2) is 4.39 Å². The van der Waals surface area contributed by atoms with Crippen molar-refractivity contribution in [2.75, 3.05) is 25.9 Å². The highest BCUT2D eigenvalue weighted by molar-refractivity contribution is 5.99. The number of halogens is 1. The monoisotopic (exact) mass is 265 g/mol. The van der Waals surface area contributed by atoms with Crippen molar-refractivity contribution in [3.8, 4) is 0 Å². The molecule has 0 bridgehead atoms. The Morgan fingerprint density at radius 2 is 1.89 bits per heavy atom. The van der Waals surface area contributed by atoms with Gasteiger partial charge in [-0.3, -0.25) is 9.69 Å². The van der Waals surface area contributed by atoms with Gasteiger partial charge < -0.3 is 10.6 Å². The van der Waals surface area contributed by atoms with Crippen molar-refractivity contribution >= 4 is 11.6 Å². The number of amides is 1. The Balaban J connectivity index is 2.22. The van der Waals surface area contributed by atoms with Gasteiger partial charge in [0, 0.05) is 30.9 Å². The summed E-state index contributed by atoms with van der Waals surface area (Å²) in [6.07, 6.45) is 0. The van der Waals surface area contributed by atoms with E-state index in [1.165, 1.54) is 18.2 Å². The number of piperazine rings is 1. The van der Waals surface area contributed by atoms with Crippen LogP contribution in [0.5, 0.6) is 0 Å². The molecule has 0 radical (unpaired) electrons. The first-order chi connectivity index (χ1) is 8.90. The molecule has 2 N–H and O–H groups in total.